The average molecular weight is 302 g/mol. The first kappa shape index (κ1) is 15.0. The molecule has 1 saturated carbocycles. The van der Waals surface area contributed by atoms with Crippen LogP contribution < -0.4 is 5.32 Å². The number of carbonyl (C=O) groups excluding carboxylic acids is 2. The molecule has 1 aromatic carbocycles. The summed E-state index contributed by atoms with van der Waals surface area (Å²) in [4.78, 5) is 25.8. The van der Waals surface area contributed by atoms with Gasteiger partial charge in [0.25, 0.3) is 5.91 Å². The molecule has 0 atom stereocenters. The predicted molar refractivity (Wildman–Crippen MR) is 82.3 cm³/mol. The van der Waals surface area contributed by atoms with Gasteiger partial charge in [-0.05, 0) is 43.7 Å². The zero-order valence-corrected chi connectivity index (χ0v) is 12.6. The van der Waals surface area contributed by atoms with Crippen LogP contribution in [-0.4, -0.2) is 47.1 Å². The van der Waals surface area contributed by atoms with Gasteiger partial charge in [0.05, 0.1) is 12.1 Å². The minimum Gasteiger partial charge on any atom is -0.390 e. The van der Waals surface area contributed by atoms with E-state index in [0.29, 0.717) is 24.6 Å². The Morgan fingerprint density at radius 2 is 1.82 bits per heavy atom. The number of likely N-dealkylation sites (tertiary alicyclic amines) is 1. The molecule has 2 aliphatic rings. The van der Waals surface area contributed by atoms with Gasteiger partial charge in [-0.15, -0.1) is 0 Å². The van der Waals surface area contributed by atoms with Crippen LogP contribution in [0, 0.1) is 5.92 Å². The molecule has 1 aliphatic carbocycles. The van der Waals surface area contributed by atoms with E-state index in [2.05, 4.69) is 5.32 Å². The van der Waals surface area contributed by atoms with Gasteiger partial charge in [0, 0.05) is 18.7 Å². The lowest BCUT2D eigenvalue weighted by Crippen LogP contribution is -2.45. The third kappa shape index (κ3) is 3.30. The van der Waals surface area contributed by atoms with Crippen LogP contribution in [0.5, 0.6) is 0 Å². The maximum atomic E-state index is 12.2. The normalized spacial score (nSPS) is 20.5. The molecule has 2 amide bonds. The molecule has 5 nitrogen and oxygen atoms in total. The molecule has 1 aliphatic heterocycles. The Labute approximate surface area is 130 Å². The van der Waals surface area contributed by atoms with Gasteiger partial charge in [-0.25, -0.2) is 0 Å². The van der Waals surface area contributed by atoms with E-state index in [0.717, 1.165) is 25.7 Å². The fraction of sp³-hybridized carbons (Fsp3) is 0.529. The monoisotopic (exact) mass is 302 g/mol. The van der Waals surface area contributed by atoms with Gasteiger partial charge in [-0.1, -0.05) is 18.2 Å². The summed E-state index contributed by atoms with van der Waals surface area (Å²) in [5.41, 5.74) is 0.112. The molecule has 0 radical (unpaired) electrons. The van der Waals surface area contributed by atoms with Crippen molar-refractivity contribution in [3.05, 3.63) is 35.9 Å². The Morgan fingerprint density at radius 1 is 1.18 bits per heavy atom. The van der Waals surface area contributed by atoms with Crippen LogP contribution in [0.15, 0.2) is 30.3 Å². The van der Waals surface area contributed by atoms with Crippen molar-refractivity contribution < 1.29 is 14.7 Å². The number of nitrogens with zero attached hydrogens (tertiary/aromatic N) is 1. The maximum absolute atomic E-state index is 12.2. The summed E-state index contributed by atoms with van der Waals surface area (Å²) in [5.74, 6) is 0.0529. The number of hydrogen-bond acceptors (Lipinski definition) is 3. The van der Waals surface area contributed by atoms with Crippen LogP contribution in [0.2, 0.25) is 0 Å². The third-order valence-electron chi connectivity index (χ3n) is 4.81. The number of carbonyl (C=O) groups is 2. The van der Waals surface area contributed by atoms with Crippen molar-refractivity contribution >= 4 is 11.8 Å². The van der Waals surface area contributed by atoms with E-state index < -0.39 is 5.60 Å². The Morgan fingerprint density at radius 3 is 2.41 bits per heavy atom. The molecule has 1 aromatic rings. The minimum absolute atomic E-state index is 0.0304. The van der Waals surface area contributed by atoms with Crippen LogP contribution in [-0.2, 0) is 4.79 Å². The number of hydrogen-bond donors (Lipinski definition) is 2. The summed E-state index contributed by atoms with van der Waals surface area (Å²) >= 11 is 0. The third-order valence-corrected chi connectivity index (χ3v) is 4.81. The zero-order valence-electron chi connectivity index (χ0n) is 12.6. The minimum atomic E-state index is -0.448. The molecule has 3 rings (SSSR count). The fourth-order valence-corrected chi connectivity index (χ4v) is 3.16. The molecule has 1 saturated heterocycles. The van der Waals surface area contributed by atoms with E-state index in [1.165, 1.54) is 0 Å². The van der Waals surface area contributed by atoms with Crippen LogP contribution in [0.25, 0.3) is 0 Å². The van der Waals surface area contributed by atoms with E-state index in [9.17, 15) is 14.7 Å². The second-order valence-corrected chi connectivity index (χ2v) is 6.31. The standard InChI is InChI=1S/C17H22N2O3/c20-15(12-18-16(21)13-4-2-1-3-5-13)19-10-6-14(7-11-19)17(22)8-9-17/h1-5,14,22H,6-12H2,(H,18,21). The number of benzene rings is 1. The maximum Gasteiger partial charge on any atom is 0.251 e. The number of rotatable bonds is 4. The Bertz CT molecular complexity index is 546. The van der Waals surface area contributed by atoms with E-state index in [4.69, 9.17) is 0 Å². The first-order valence-corrected chi connectivity index (χ1v) is 7.92. The molecule has 1 heterocycles. The van der Waals surface area contributed by atoms with Crippen molar-refractivity contribution in [3.8, 4) is 0 Å². The second-order valence-electron chi connectivity index (χ2n) is 6.31. The molecule has 118 valence electrons. The summed E-state index contributed by atoms with van der Waals surface area (Å²) in [6, 6.07) is 8.89. The highest BCUT2D eigenvalue weighted by Gasteiger charge is 2.48. The summed E-state index contributed by atoms with van der Waals surface area (Å²) in [6.45, 7) is 1.38. The highest BCUT2D eigenvalue weighted by molar-refractivity contribution is 5.96. The Kier molecular flexibility index (Phi) is 4.16. The van der Waals surface area contributed by atoms with E-state index in [1.54, 1.807) is 29.2 Å². The fourth-order valence-electron chi connectivity index (χ4n) is 3.16. The molecule has 22 heavy (non-hydrogen) atoms. The van der Waals surface area contributed by atoms with Crippen molar-refractivity contribution in [2.24, 2.45) is 5.92 Å². The number of aliphatic hydroxyl groups is 1. The van der Waals surface area contributed by atoms with E-state index in [1.807, 2.05) is 6.07 Å². The topological polar surface area (TPSA) is 69.6 Å². The Hall–Kier alpha value is -1.88. The Balaban J connectivity index is 1.44. The largest absolute Gasteiger partial charge is 0.390 e. The van der Waals surface area contributed by atoms with Gasteiger partial charge < -0.3 is 15.3 Å². The molecule has 2 fully saturated rings. The van der Waals surface area contributed by atoms with Gasteiger partial charge in [0.2, 0.25) is 5.91 Å². The highest BCUT2D eigenvalue weighted by Crippen LogP contribution is 2.46. The summed E-state index contributed by atoms with van der Waals surface area (Å²) in [7, 11) is 0. The highest BCUT2D eigenvalue weighted by atomic mass is 16.3. The molecule has 5 heteroatoms. The van der Waals surface area contributed by atoms with Gasteiger partial charge in [0.1, 0.15) is 0 Å². The second kappa shape index (κ2) is 6.08. The van der Waals surface area contributed by atoms with Crippen LogP contribution in [0.3, 0.4) is 0 Å². The van der Waals surface area contributed by atoms with E-state index in [-0.39, 0.29) is 18.4 Å². The van der Waals surface area contributed by atoms with Crippen molar-refractivity contribution in [1.29, 1.82) is 0 Å². The summed E-state index contributed by atoms with van der Waals surface area (Å²) in [5, 5.41) is 12.8. The van der Waals surface area contributed by atoms with Gasteiger partial charge in [-0.3, -0.25) is 9.59 Å². The molecule has 0 bridgehead atoms. The number of piperidine rings is 1. The average Bonchev–Trinajstić information content (AvgIpc) is 3.32. The van der Waals surface area contributed by atoms with Gasteiger partial charge >= 0.3 is 0 Å². The van der Waals surface area contributed by atoms with Crippen molar-refractivity contribution in [3.63, 3.8) is 0 Å². The summed E-state index contributed by atoms with van der Waals surface area (Å²) < 4.78 is 0. The number of nitrogens with one attached hydrogen (secondary N) is 1. The van der Waals surface area contributed by atoms with Gasteiger partial charge in [-0.2, -0.15) is 0 Å². The van der Waals surface area contributed by atoms with Crippen molar-refractivity contribution in [2.75, 3.05) is 19.6 Å². The lowest BCUT2D eigenvalue weighted by Gasteiger charge is -2.34. The molecule has 0 aromatic heterocycles. The lowest BCUT2D eigenvalue weighted by molar-refractivity contribution is -0.132. The van der Waals surface area contributed by atoms with Crippen LogP contribution in [0.4, 0.5) is 0 Å². The van der Waals surface area contributed by atoms with Gasteiger partial charge in [0.15, 0.2) is 0 Å². The van der Waals surface area contributed by atoms with E-state index >= 15 is 0 Å². The van der Waals surface area contributed by atoms with Crippen LogP contribution >= 0.6 is 0 Å². The molecule has 0 spiro atoms. The molecular formula is C17H22N2O3. The van der Waals surface area contributed by atoms with Crippen LogP contribution in [0.1, 0.15) is 36.0 Å². The first-order valence-electron chi connectivity index (χ1n) is 7.92. The zero-order chi connectivity index (χ0) is 15.6. The summed E-state index contributed by atoms with van der Waals surface area (Å²) in [6.07, 6.45) is 3.52. The SMILES string of the molecule is O=C(NCC(=O)N1CCC(C2(O)CC2)CC1)c1ccccc1. The first-order chi connectivity index (χ1) is 10.6. The smallest absolute Gasteiger partial charge is 0.251 e. The van der Waals surface area contributed by atoms with Crippen molar-refractivity contribution in [2.45, 2.75) is 31.3 Å². The molecule has 0 unspecified atom stereocenters. The number of amides is 2. The van der Waals surface area contributed by atoms with Crippen molar-refractivity contribution in [1.82, 2.24) is 10.2 Å². The molecular weight excluding hydrogens is 280 g/mol. The molecule has 2 N–H and O–H groups in total. The quantitative estimate of drug-likeness (QED) is 0.877. The predicted octanol–water partition coefficient (Wildman–Crippen LogP) is 1.18. The lowest BCUT2D eigenvalue weighted by atomic mass is 9.89.